The Morgan fingerprint density at radius 1 is 1.20 bits per heavy atom. The second kappa shape index (κ2) is 15.0. The van der Waals surface area contributed by atoms with Crippen LogP contribution in [0.4, 0.5) is 0 Å². The van der Waals surface area contributed by atoms with Crippen LogP contribution < -0.4 is 15.4 Å². The summed E-state index contributed by atoms with van der Waals surface area (Å²) in [6.07, 6.45) is 4.39. The molecule has 0 aliphatic carbocycles. The highest BCUT2D eigenvalue weighted by Crippen LogP contribution is 2.19. The molecule has 0 aliphatic heterocycles. The monoisotopic (exact) mass is 530 g/mol. The summed E-state index contributed by atoms with van der Waals surface area (Å²) >= 11 is 0. The van der Waals surface area contributed by atoms with Gasteiger partial charge in [0.25, 0.3) is 0 Å². The van der Waals surface area contributed by atoms with Crippen LogP contribution in [0.5, 0.6) is 5.75 Å². The van der Waals surface area contributed by atoms with Crippen molar-refractivity contribution in [2.24, 2.45) is 4.99 Å². The van der Waals surface area contributed by atoms with Crippen LogP contribution in [-0.4, -0.2) is 61.2 Å². The van der Waals surface area contributed by atoms with Crippen molar-refractivity contribution in [2.75, 3.05) is 40.5 Å². The average Bonchev–Trinajstić information content (AvgIpc) is 3.18. The van der Waals surface area contributed by atoms with E-state index in [1.54, 1.807) is 20.5 Å². The summed E-state index contributed by atoms with van der Waals surface area (Å²) in [7, 11) is 3.42. The number of guanidine groups is 1. The number of methoxy groups -OCH3 is 2. The standard InChI is InChI=1S/C21H34N6O2.HI/c1-5-20-26-25-16-27(20)13-12-24-21(22-10-6-14-28-3)23-11-9-18-15-17(2)7-8-19(18)29-4;/h7-8,15-16H,5-6,9-14H2,1-4H3,(H2,22,23,24);1H. The zero-order valence-corrected chi connectivity index (χ0v) is 20.8. The predicted molar refractivity (Wildman–Crippen MR) is 131 cm³/mol. The van der Waals surface area contributed by atoms with Crippen LogP contribution in [-0.2, 0) is 24.1 Å². The number of aryl methyl sites for hydroxylation is 2. The van der Waals surface area contributed by atoms with Crippen LogP contribution in [0.15, 0.2) is 29.5 Å². The molecule has 0 aliphatic rings. The molecule has 9 heteroatoms. The predicted octanol–water partition coefficient (Wildman–Crippen LogP) is 2.59. The summed E-state index contributed by atoms with van der Waals surface area (Å²) in [6.45, 7) is 7.90. The lowest BCUT2D eigenvalue weighted by Gasteiger charge is -2.15. The van der Waals surface area contributed by atoms with Crippen LogP contribution in [0.2, 0.25) is 0 Å². The number of ether oxygens (including phenoxy) is 2. The van der Waals surface area contributed by atoms with E-state index in [-0.39, 0.29) is 24.0 Å². The highest BCUT2D eigenvalue weighted by atomic mass is 127. The number of halogens is 1. The third-order valence-electron chi connectivity index (χ3n) is 4.56. The Labute approximate surface area is 196 Å². The van der Waals surface area contributed by atoms with Crippen molar-refractivity contribution in [3.8, 4) is 5.75 Å². The Kier molecular flexibility index (Phi) is 13.1. The number of aliphatic imine (C=N–C) groups is 1. The molecule has 0 atom stereocenters. The van der Waals surface area contributed by atoms with Crippen LogP contribution >= 0.6 is 24.0 Å². The van der Waals surface area contributed by atoms with Crippen molar-refractivity contribution in [3.05, 3.63) is 41.5 Å². The van der Waals surface area contributed by atoms with E-state index in [4.69, 9.17) is 9.47 Å². The summed E-state index contributed by atoms with van der Waals surface area (Å²) in [5.74, 6) is 2.72. The third-order valence-corrected chi connectivity index (χ3v) is 4.56. The van der Waals surface area contributed by atoms with E-state index < -0.39 is 0 Å². The Balaban J connectivity index is 0.00000450. The fourth-order valence-electron chi connectivity index (χ4n) is 3.03. The van der Waals surface area contributed by atoms with Crippen LogP contribution in [0.1, 0.15) is 30.3 Å². The molecule has 2 rings (SSSR count). The van der Waals surface area contributed by atoms with Gasteiger partial charge in [0.15, 0.2) is 5.96 Å². The number of nitrogens with zero attached hydrogens (tertiary/aromatic N) is 4. The number of hydrogen-bond acceptors (Lipinski definition) is 5. The molecule has 8 nitrogen and oxygen atoms in total. The zero-order chi connectivity index (χ0) is 20.9. The van der Waals surface area contributed by atoms with Crippen LogP contribution in [0.25, 0.3) is 0 Å². The lowest BCUT2D eigenvalue weighted by atomic mass is 10.1. The van der Waals surface area contributed by atoms with Gasteiger partial charge >= 0.3 is 0 Å². The molecule has 0 radical (unpaired) electrons. The van der Waals surface area contributed by atoms with Crippen molar-refractivity contribution >= 4 is 29.9 Å². The first kappa shape index (κ1) is 26.2. The maximum absolute atomic E-state index is 5.48. The average molecular weight is 530 g/mol. The molecule has 168 valence electrons. The second-order valence-corrected chi connectivity index (χ2v) is 6.79. The van der Waals surface area contributed by atoms with Crippen LogP contribution in [0.3, 0.4) is 0 Å². The van der Waals surface area contributed by atoms with Crippen molar-refractivity contribution in [1.82, 2.24) is 25.4 Å². The molecule has 0 fully saturated rings. The molecule has 0 saturated heterocycles. The number of hydrogen-bond donors (Lipinski definition) is 2. The highest BCUT2D eigenvalue weighted by Gasteiger charge is 2.05. The molecule has 0 saturated carbocycles. The summed E-state index contributed by atoms with van der Waals surface area (Å²) < 4.78 is 12.7. The summed E-state index contributed by atoms with van der Waals surface area (Å²) in [5.41, 5.74) is 2.42. The first-order chi connectivity index (χ1) is 14.2. The summed E-state index contributed by atoms with van der Waals surface area (Å²) in [6, 6.07) is 6.25. The fraction of sp³-hybridized carbons (Fsp3) is 0.571. The number of benzene rings is 1. The minimum absolute atomic E-state index is 0. The maximum Gasteiger partial charge on any atom is 0.191 e. The Hall–Kier alpha value is -1.88. The van der Waals surface area contributed by atoms with Gasteiger partial charge in [-0.1, -0.05) is 24.6 Å². The lowest BCUT2D eigenvalue weighted by Crippen LogP contribution is -2.40. The molecule has 0 unspecified atom stereocenters. The van der Waals surface area contributed by atoms with E-state index in [2.05, 4.69) is 56.4 Å². The molecule has 2 N–H and O–H groups in total. The van der Waals surface area contributed by atoms with Gasteiger partial charge in [0.1, 0.15) is 17.9 Å². The van der Waals surface area contributed by atoms with Gasteiger partial charge in [-0.25, -0.2) is 0 Å². The third kappa shape index (κ3) is 8.86. The molecule has 0 amide bonds. The normalized spacial score (nSPS) is 11.1. The van der Waals surface area contributed by atoms with Crippen molar-refractivity contribution in [3.63, 3.8) is 0 Å². The van der Waals surface area contributed by atoms with Gasteiger partial charge < -0.3 is 24.7 Å². The Bertz CT molecular complexity index is 766. The van der Waals surface area contributed by atoms with E-state index >= 15 is 0 Å². The fourth-order valence-corrected chi connectivity index (χ4v) is 3.03. The zero-order valence-electron chi connectivity index (χ0n) is 18.5. The number of aromatic nitrogens is 3. The molecule has 2 aromatic rings. The van der Waals surface area contributed by atoms with Gasteiger partial charge in [0.05, 0.1) is 7.11 Å². The first-order valence-corrected chi connectivity index (χ1v) is 10.2. The van der Waals surface area contributed by atoms with E-state index in [0.29, 0.717) is 13.2 Å². The van der Waals surface area contributed by atoms with Crippen molar-refractivity contribution in [1.29, 1.82) is 0 Å². The highest BCUT2D eigenvalue weighted by molar-refractivity contribution is 14.0. The largest absolute Gasteiger partial charge is 0.496 e. The van der Waals surface area contributed by atoms with Crippen molar-refractivity contribution < 1.29 is 9.47 Å². The molecule has 1 aromatic heterocycles. The van der Waals surface area contributed by atoms with Crippen molar-refractivity contribution in [2.45, 2.75) is 39.7 Å². The number of nitrogens with one attached hydrogen (secondary N) is 2. The van der Waals surface area contributed by atoms with E-state index in [9.17, 15) is 0 Å². The Morgan fingerprint density at radius 2 is 2.00 bits per heavy atom. The molecule has 1 aromatic carbocycles. The van der Waals surface area contributed by atoms with Gasteiger partial charge in [-0.2, -0.15) is 0 Å². The van der Waals surface area contributed by atoms with Gasteiger partial charge in [-0.15, -0.1) is 34.2 Å². The van der Waals surface area contributed by atoms with Crippen LogP contribution in [0, 0.1) is 6.92 Å². The second-order valence-electron chi connectivity index (χ2n) is 6.79. The molecular formula is C21H35IN6O2. The topological polar surface area (TPSA) is 85.6 Å². The number of rotatable bonds is 12. The summed E-state index contributed by atoms with van der Waals surface area (Å²) in [5, 5.41) is 14.9. The van der Waals surface area contributed by atoms with Gasteiger partial charge in [-0.05, 0) is 31.4 Å². The van der Waals surface area contributed by atoms with Gasteiger partial charge in [-0.3, -0.25) is 4.99 Å². The molecule has 0 spiro atoms. The minimum atomic E-state index is 0. The smallest absolute Gasteiger partial charge is 0.191 e. The molecule has 0 bridgehead atoms. The minimum Gasteiger partial charge on any atom is -0.496 e. The van der Waals surface area contributed by atoms with Gasteiger partial charge in [0.2, 0.25) is 0 Å². The van der Waals surface area contributed by atoms with E-state index in [0.717, 1.165) is 56.4 Å². The Morgan fingerprint density at radius 3 is 2.73 bits per heavy atom. The first-order valence-electron chi connectivity index (χ1n) is 10.2. The summed E-state index contributed by atoms with van der Waals surface area (Å²) in [4.78, 5) is 4.66. The molecule has 1 heterocycles. The molecule has 30 heavy (non-hydrogen) atoms. The van der Waals surface area contributed by atoms with E-state index in [1.807, 2.05) is 6.07 Å². The van der Waals surface area contributed by atoms with E-state index in [1.165, 1.54) is 11.1 Å². The lowest BCUT2D eigenvalue weighted by molar-refractivity contribution is 0.197. The molecular weight excluding hydrogens is 495 g/mol. The maximum atomic E-state index is 5.48. The SMILES string of the molecule is CCc1nncn1CCNC(=NCCCOC)NCCc1cc(C)ccc1OC.I. The quantitative estimate of drug-likeness (QED) is 0.190. The van der Waals surface area contributed by atoms with Gasteiger partial charge in [0, 0.05) is 46.3 Å².